The van der Waals surface area contributed by atoms with Gasteiger partial charge in [-0.2, -0.15) is 26.3 Å². The van der Waals surface area contributed by atoms with Gasteiger partial charge in [0.1, 0.15) is 0 Å². The van der Waals surface area contributed by atoms with Gasteiger partial charge in [-0.05, 0) is 30.7 Å². The van der Waals surface area contributed by atoms with Gasteiger partial charge >= 0.3 is 12.4 Å². The van der Waals surface area contributed by atoms with Crippen molar-refractivity contribution in [1.29, 1.82) is 0 Å². The van der Waals surface area contributed by atoms with E-state index in [-0.39, 0.29) is 24.8 Å². The fourth-order valence-corrected chi connectivity index (χ4v) is 1.48. The van der Waals surface area contributed by atoms with Crippen LogP contribution in [-0.4, -0.2) is 17.8 Å². The van der Waals surface area contributed by atoms with Crippen LogP contribution < -0.4 is 5.32 Å². The molecule has 1 aromatic rings. The molecule has 0 aliphatic rings. The zero-order valence-electron chi connectivity index (χ0n) is 10.4. The van der Waals surface area contributed by atoms with E-state index in [1.54, 1.807) is 6.92 Å². The Hall–Kier alpha value is -1.28. The SMILES string of the molecule is C[C@H](CO)NCc1cc(C(F)(F)F)cc(C(F)(F)F)c1. The predicted molar refractivity (Wildman–Crippen MR) is 59.8 cm³/mol. The van der Waals surface area contributed by atoms with Crippen LogP contribution in [0.2, 0.25) is 0 Å². The Kier molecular flexibility index (Phi) is 5.04. The van der Waals surface area contributed by atoms with Gasteiger partial charge in [-0.15, -0.1) is 0 Å². The number of benzene rings is 1. The molecule has 0 fully saturated rings. The summed E-state index contributed by atoms with van der Waals surface area (Å²) in [5, 5.41) is 11.4. The molecule has 1 atom stereocenters. The number of aliphatic hydroxyl groups excluding tert-OH is 1. The third-order valence-corrected chi connectivity index (χ3v) is 2.58. The van der Waals surface area contributed by atoms with Gasteiger partial charge in [0.15, 0.2) is 0 Å². The fraction of sp³-hybridized carbons (Fsp3) is 0.500. The van der Waals surface area contributed by atoms with E-state index in [9.17, 15) is 26.3 Å². The molecule has 8 heteroatoms. The summed E-state index contributed by atoms with van der Waals surface area (Å²) in [7, 11) is 0. The minimum Gasteiger partial charge on any atom is -0.395 e. The number of hydrogen-bond acceptors (Lipinski definition) is 2. The second-order valence-electron chi connectivity index (χ2n) is 4.38. The Morgan fingerprint density at radius 1 is 1.00 bits per heavy atom. The highest BCUT2D eigenvalue weighted by Gasteiger charge is 2.36. The maximum Gasteiger partial charge on any atom is 0.416 e. The smallest absolute Gasteiger partial charge is 0.395 e. The molecule has 1 aromatic carbocycles. The number of rotatable bonds is 4. The predicted octanol–water partition coefficient (Wildman–Crippen LogP) is 3.19. The van der Waals surface area contributed by atoms with Crippen molar-refractivity contribution in [2.75, 3.05) is 6.61 Å². The van der Waals surface area contributed by atoms with Crippen molar-refractivity contribution in [3.8, 4) is 0 Å². The van der Waals surface area contributed by atoms with Gasteiger partial charge in [-0.1, -0.05) is 0 Å². The van der Waals surface area contributed by atoms with Crippen LogP contribution in [0.5, 0.6) is 0 Å². The molecule has 0 spiro atoms. The molecule has 0 radical (unpaired) electrons. The second kappa shape index (κ2) is 6.01. The third kappa shape index (κ3) is 4.68. The van der Waals surface area contributed by atoms with Gasteiger partial charge in [-0.3, -0.25) is 0 Å². The van der Waals surface area contributed by atoms with Crippen molar-refractivity contribution in [3.63, 3.8) is 0 Å². The van der Waals surface area contributed by atoms with Crippen LogP contribution in [0.15, 0.2) is 18.2 Å². The Morgan fingerprint density at radius 2 is 1.45 bits per heavy atom. The average molecular weight is 301 g/mol. The van der Waals surface area contributed by atoms with Gasteiger partial charge in [0.2, 0.25) is 0 Å². The Bertz CT molecular complexity index is 422. The molecule has 0 unspecified atom stereocenters. The number of nitrogens with one attached hydrogen (secondary N) is 1. The van der Waals surface area contributed by atoms with Crippen LogP contribution in [0, 0.1) is 0 Å². The van der Waals surface area contributed by atoms with Gasteiger partial charge in [-0.25, -0.2) is 0 Å². The normalized spacial score (nSPS) is 14.4. The van der Waals surface area contributed by atoms with E-state index in [0.29, 0.717) is 12.1 Å². The quantitative estimate of drug-likeness (QED) is 0.837. The number of alkyl halides is 6. The third-order valence-electron chi connectivity index (χ3n) is 2.58. The highest BCUT2D eigenvalue weighted by Crippen LogP contribution is 2.36. The van der Waals surface area contributed by atoms with Gasteiger partial charge in [0.05, 0.1) is 17.7 Å². The minimum atomic E-state index is -4.85. The molecule has 0 heterocycles. The topological polar surface area (TPSA) is 32.3 Å². The first-order valence-corrected chi connectivity index (χ1v) is 5.66. The fourth-order valence-electron chi connectivity index (χ4n) is 1.48. The average Bonchev–Trinajstić information content (AvgIpc) is 2.33. The van der Waals surface area contributed by atoms with Gasteiger partial charge in [0.25, 0.3) is 0 Å². The molecule has 1 rings (SSSR count). The molecule has 20 heavy (non-hydrogen) atoms. The Labute approximate surface area is 111 Å². The lowest BCUT2D eigenvalue weighted by Gasteiger charge is -2.16. The largest absolute Gasteiger partial charge is 0.416 e. The molecule has 0 aliphatic carbocycles. The Morgan fingerprint density at radius 3 is 1.80 bits per heavy atom. The van der Waals surface area contributed by atoms with E-state index in [2.05, 4.69) is 5.32 Å². The maximum atomic E-state index is 12.6. The summed E-state index contributed by atoms with van der Waals surface area (Å²) in [5.74, 6) is 0. The summed E-state index contributed by atoms with van der Waals surface area (Å²) in [4.78, 5) is 0. The molecule has 2 N–H and O–H groups in total. The van der Waals surface area contributed by atoms with Crippen molar-refractivity contribution >= 4 is 0 Å². The van der Waals surface area contributed by atoms with Crippen LogP contribution >= 0.6 is 0 Å². The molecular formula is C12H13F6NO. The van der Waals surface area contributed by atoms with E-state index in [1.807, 2.05) is 0 Å². The van der Waals surface area contributed by atoms with E-state index >= 15 is 0 Å². The lowest BCUT2D eigenvalue weighted by molar-refractivity contribution is -0.143. The van der Waals surface area contributed by atoms with Crippen LogP contribution in [0.4, 0.5) is 26.3 Å². The van der Waals surface area contributed by atoms with Crippen LogP contribution in [0.1, 0.15) is 23.6 Å². The van der Waals surface area contributed by atoms with Crippen molar-refractivity contribution < 1.29 is 31.4 Å². The zero-order chi connectivity index (χ0) is 15.6. The molecule has 114 valence electrons. The first kappa shape index (κ1) is 16.8. The van der Waals surface area contributed by atoms with E-state index < -0.39 is 29.5 Å². The summed E-state index contributed by atoms with van der Waals surface area (Å²) in [6, 6.07) is 0.969. The standard InChI is InChI=1S/C12H13F6NO/c1-7(6-20)19-5-8-2-9(11(13,14)15)4-10(3-8)12(16,17)18/h2-4,7,19-20H,5-6H2,1H3/t7-/m1/s1. The minimum absolute atomic E-state index is 0.0823. The first-order valence-electron chi connectivity index (χ1n) is 5.66. The number of aliphatic hydroxyl groups is 1. The van der Waals surface area contributed by atoms with Crippen LogP contribution in [0.25, 0.3) is 0 Å². The van der Waals surface area contributed by atoms with Crippen molar-refractivity contribution in [1.82, 2.24) is 5.32 Å². The lowest BCUT2D eigenvalue weighted by atomic mass is 10.0. The first-order chi connectivity index (χ1) is 9.04. The molecule has 2 nitrogen and oxygen atoms in total. The van der Waals surface area contributed by atoms with E-state index in [0.717, 1.165) is 0 Å². The van der Waals surface area contributed by atoms with Gasteiger partial charge < -0.3 is 10.4 Å². The maximum absolute atomic E-state index is 12.6. The molecule has 0 bridgehead atoms. The number of halogens is 6. The summed E-state index contributed by atoms with van der Waals surface area (Å²) >= 11 is 0. The van der Waals surface area contributed by atoms with Crippen LogP contribution in [-0.2, 0) is 18.9 Å². The summed E-state index contributed by atoms with van der Waals surface area (Å²) in [6.07, 6.45) is -9.70. The molecule has 0 aliphatic heterocycles. The van der Waals surface area contributed by atoms with E-state index in [1.165, 1.54) is 0 Å². The zero-order valence-corrected chi connectivity index (χ0v) is 10.4. The van der Waals surface area contributed by atoms with Crippen molar-refractivity contribution in [2.24, 2.45) is 0 Å². The highest BCUT2D eigenvalue weighted by atomic mass is 19.4. The summed E-state index contributed by atoms with van der Waals surface area (Å²) in [5.41, 5.74) is -2.84. The van der Waals surface area contributed by atoms with Crippen molar-refractivity contribution in [3.05, 3.63) is 34.9 Å². The van der Waals surface area contributed by atoms with Gasteiger partial charge in [0, 0.05) is 12.6 Å². The van der Waals surface area contributed by atoms with E-state index in [4.69, 9.17) is 5.11 Å². The number of hydrogen-bond donors (Lipinski definition) is 2. The lowest BCUT2D eigenvalue weighted by Crippen LogP contribution is -2.29. The Balaban J connectivity index is 3.11. The molecule has 0 aromatic heterocycles. The molecular weight excluding hydrogens is 288 g/mol. The molecule has 0 amide bonds. The summed E-state index contributed by atoms with van der Waals surface area (Å²) < 4.78 is 75.4. The summed E-state index contributed by atoms with van der Waals surface area (Å²) in [6.45, 7) is 1.08. The molecule has 0 saturated heterocycles. The van der Waals surface area contributed by atoms with Crippen LogP contribution in [0.3, 0.4) is 0 Å². The van der Waals surface area contributed by atoms with Crippen molar-refractivity contribution in [2.45, 2.75) is 31.9 Å². The molecule has 0 saturated carbocycles. The highest BCUT2D eigenvalue weighted by molar-refractivity contribution is 5.33. The monoisotopic (exact) mass is 301 g/mol. The second-order valence-corrected chi connectivity index (χ2v) is 4.38.